The molecule has 0 spiro atoms. The number of hydrogen-bond acceptors (Lipinski definition) is 4. The van der Waals surface area contributed by atoms with Crippen LogP contribution in [0.5, 0.6) is 5.75 Å². The average molecular weight is 379 g/mol. The van der Waals surface area contributed by atoms with Crippen molar-refractivity contribution in [2.24, 2.45) is 10.7 Å². The number of nitrogens with two attached hydrogens (primary N) is 1. The number of amidine groups is 1. The monoisotopic (exact) mass is 378 g/mol. The number of ether oxygens (including phenoxy) is 1. The first-order chi connectivity index (χ1) is 11.5. The molecule has 24 heavy (non-hydrogen) atoms. The third-order valence-electron chi connectivity index (χ3n) is 3.18. The van der Waals surface area contributed by atoms with Crippen LogP contribution in [0.25, 0.3) is 6.08 Å². The van der Waals surface area contributed by atoms with E-state index in [9.17, 15) is 4.79 Å². The van der Waals surface area contributed by atoms with Crippen LogP contribution in [-0.4, -0.2) is 11.1 Å². The van der Waals surface area contributed by atoms with Crippen molar-refractivity contribution in [1.82, 2.24) is 0 Å². The molecule has 3 rings (SSSR count). The van der Waals surface area contributed by atoms with Gasteiger partial charge in [-0.3, -0.25) is 4.79 Å². The molecule has 2 aromatic rings. The van der Waals surface area contributed by atoms with E-state index in [0.717, 1.165) is 17.3 Å². The summed E-state index contributed by atoms with van der Waals surface area (Å²) >= 11 is 13.6. The minimum absolute atomic E-state index is 0.228. The molecule has 2 N–H and O–H groups in total. The number of hydrogen-bond donors (Lipinski definition) is 1. The molecule has 2 aromatic carbocycles. The van der Waals surface area contributed by atoms with E-state index in [-0.39, 0.29) is 11.1 Å². The summed E-state index contributed by atoms with van der Waals surface area (Å²) in [5, 5.41) is 0.968. The van der Waals surface area contributed by atoms with Crippen molar-refractivity contribution in [2.45, 2.75) is 6.61 Å². The van der Waals surface area contributed by atoms with Crippen LogP contribution < -0.4 is 10.5 Å². The number of benzene rings is 2. The van der Waals surface area contributed by atoms with Crippen molar-refractivity contribution >= 4 is 52.1 Å². The molecule has 0 unspecified atom stereocenters. The van der Waals surface area contributed by atoms with Crippen LogP contribution in [0.15, 0.2) is 52.4 Å². The number of carbonyl (C=O) groups excluding carboxylic acids is 1. The number of nitrogens with zero attached hydrogens (tertiary/aromatic N) is 1. The van der Waals surface area contributed by atoms with Crippen molar-refractivity contribution in [3.63, 3.8) is 0 Å². The highest BCUT2D eigenvalue weighted by Crippen LogP contribution is 2.36. The highest BCUT2D eigenvalue weighted by atomic mass is 35.5. The zero-order valence-electron chi connectivity index (χ0n) is 12.3. The molecule has 0 saturated heterocycles. The van der Waals surface area contributed by atoms with Crippen molar-refractivity contribution in [2.75, 3.05) is 0 Å². The molecule has 0 saturated carbocycles. The van der Waals surface area contributed by atoms with Crippen LogP contribution in [0.3, 0.4) is 0 Å². The molecule has 0 radical (unpaired) electrons. The zero-order chi connectivity index (χ0) is 17.1. The molecule has 0 bridgehead atoms. The number of carbonyl (C=O) groups is 1. The maximum Gasteiger partial charge on any atom is 0.286 e. The number of aliphatic imine (C=N–C) groups is 1. The minimum Gasteiger partial charge on any atom is -0.486 e. The third kappa shape index (κ3) is 3.93. The molecule has 0 aliphatic carbocycles. The van der Waals surface area contributed by atoms with E-state index >= 15 is 0 Å². The van der Waals surface area contributed by atoms with Gasteiger partial charge in [0.05, 0.1) is 15.0 Å². The van der Waals surface area contributed by atoms with Gasteiger partial charge in [-0.05, 0) is 41.1 Å². The van der Waals surface area contributed by atoms with E-state index in [4.69, 9.17) is 33.7 Å². The molecule has 1 heterocycles. The van der Waals surface area contributed by atoms with Crippen LogP contribution in [-0.2, 0) is 11.4 Å². The van der Waals surface area contributed by atoms with Gasteiger partial charge in [0.2, 0.25) is 0 Å². The number of rotatable bonds is 4. The number of halogens is 2. The Hall–Kier alpha value is -1.95. The summed E-state index contributed by atoms with van der Waals surface area (Å²) in [6, 6.07) is 13.1. The first-order valence-corrected chi connectivity index (χ1v) is 8.54. The summed E-state index contributed by atoms with van der Waals surface area (Å²) in [6.07, 6.45) is 1.65. The van der Waals surface area contributed by atoms with Gasteiger partial charge in [-0.2, -0.15) is 4.99 Å². The van der Waals surface area contributed by atoms with Gasteiger partial charge in [0.25, 0.3) is 5.91 Å². The normalized spacial score (nSPS) is 15.7. The van der Waals surface area contributed by atoms with E-state index in [1.165, 1.54) is 0 Å². The first-order valence-electron chi connectivity index (χ1n) is 6.97. The lowest BCUT2D eigenvalue weighted by molar-refractivity contribution is -0.113. The van der Waals surface area contributed by atoms with Gasteiger partial charge < -0.3 is 10.5 Å². The van der Waals surface area contributed by atoms with Gasteiger partial charge in [-0.25, -0.2) is 0 Å². The molecule has 0 atom stereocenters. The van der Waals surface area contributed by atoms with Crippen LogP contribution in [0.2, 0.25) is 10.0 Å². The van der Waals surface area contributed by atoms with Crippen molar-refractivity contribution in [3.05, 3.63) is 68.5 Å². The van der Waals surface area contributed by atoms with Crippen LogP contribution in [0, 0.1) is 0 Å². The van der Waals surface area contributed by atoms with Crippen LogP contribution >= 0.6 is 35.0 Å². The van der Waals surface area contributed by atoms with Gasteiger partial charge in [0.1, 0.15) is 6.61 Å². The van der Waals surface area contributed by atoms with Crippen LogP contribution in [0.4, 0.5) is 0 Å². The fraction of sp³-hybridized carbons (Fsp3) is 0.0588. The lowest BCUT2D eigenvalue weighted by atomic mass is 10.2. The minimum atomic E-state index is -0.367. The first kappa shape index (κ1) is 16.9. The van der Waals surface area contributed by atoms with Gasteiger partial charge >= 0.3 is 0 Å². The maximum absolute atomic E-state index is 11.6. The Balaban J connectivity index is 1.79. The fourth-order valence-corrected chi connectivity index (χ4v) is 3.40. The Morgan fingerprint density at radius 1 is 1.17 bits per heavy atom. The Bertz CT molecular complexity index is 828. The summed E-state index contributed by atoms with van der Waals surface area (Å²) < 4.78 is 5.72. The SMILES string of the molecule is NC1=NC(=O)/C(=C/c2cc(Cl)c(OCc3ccccc3)c(Cl)c2)S1. The Labute approximate surface area is 153 Å². The van der Waals surface area contributed by atoms with Gasteiger partial charge in [0, 0.05) is 0 Å². The summed E-state index contributed by atoms with van der Waals surface area (Å²) in [5.41, 5.74) is 7.22. The number of amides is 1. The second-order valence-corrected chi connectivity index (χ2v) is 6.83. The lowest BCUT2D eigenvalue weighted by Gasteiger charge is -2.11. The Kier molecular flexibility index (Phi) is 5.14. The average Bonchev–Trinajstić information content (AvgIpc) is 2.85. The van der Waals surface area contributed by atoms with Crippen LogP contribution in [0.1, 0.15) is 11.1 Å². The van der Waals surface area contributed by atoms with Crippen molar-refractivity contribution in [3.8, 4) is 5.75 Å². The summed E-state index contributed by atoms with van der Waals surface area (Å²) in [7, 11) is 0. The molecule has 1 aliphatic rings. The highest BCUT2D eigenvalue weighted by molar-refractivity contribution is 8.18. The van der Waals surface area contributed by atoms with E-state index in [1.807, 2.05) is 30.3 Å². The molecular weight excluding hydrogens is 367 g/mol. The van der Waals surface area contributed by atoms with Gasteiger partial charge in [-0.15, -0.1) is 0 Å². The van der Waals surface area contributed by atoms with E-state index < -0.39 is 0 Å². The molecule has 1 aliphatic heterocycles. The second kappa shape index (κ2) is 7.30. The van der Waals surface area contributed by atoms with E-state index in [0.29, 0.717) is 32.9 Å². The molecule has 4 nitrogen and oxygen atoms in total. The quantitative estimate of drug-likeness (QED) is 0.795. The molecule has 1 amide bonds. The smallest absolute Gasteiger partial charge is 0.286 e. The zero-order valence-corrected chi connectivity index (χ0v) is 14.7. The molecule has 0 fully saturated rings. The fourth-order valence-electron chi connectivity index (χ4n) is 2.11. The Morgan fingerprint density at radius 2 is 1.83 bits per heavy atom. The lowest BCUT2D eigenvalue weighted by Crippen LogP contribution is -2.01. The third-order valence-corrected chi connectivity index (χ3v) is 4.56. The van der Waals surface area contributed by atoms with Crippen molar-refractivity contribution < 1.29 is 9.53 Å². The Morgan fingerprint density at radius 3 is 2.42 bits per heavy atom. The molecular formula is C17H12Cl2N2O2S. The van der Waals surface area contributed by atoms with Gasteiger partial charge in [-0.1, -0.05) is 53.5 Å². The van der Waals surface area contributed by atoms with E-state index in [1.54, 1.807) is 18.2 Å². The maximum atomic E-state index is 11.6. The standard InChI is InChI=1S/C17H12Cl2N2O2S/c18-12-6-11(8-14-16(22)21-17(20)24-14)7-13(19)15(12)23-9-10-4-2-1-3-5-10/h1-8H,9H2,(H2,20,21,22)/b14-8-. The summed E-state index contributed by atoms with van der Waals surface area (Å²) in [5.74, 6) is 0.0413. The largest absolute Gasteiger partial charge is 0.486 e. The predicted molar refractivity (Wildman–Crippen MR) is 99.4 cm³/mol. The summed E-state index contributed by atoms with van der Waals surface area (Å²) in [4.78, 5) is 15.7. The summed E-state index contributed by atoms with van der Waals surface area (Å²) in [6.45, 7) is 0.361. The van der Waals surface area contributed by atoms with Crippen molar-refractivity contribution in [1.29, 1.82) is 0 Å². The molecule has 122 valence electrons. The van der Waals surface area contributed by atoms with Gasteiger partial charge in [0.15, 0.2) is 10.9 Å². The van der Waals surface area contributed by atoms with E-state index in [2.05, 4.69) is 4.99 Å². The molecule has 7 heteroatoms. The number of thioether (sulfide) groups is 1. The highest BCUT2D eigenvalue weighted by Gasteiger charge is 2.20. The predicted octanol–water partition coefficient (Wildman–Crippen LogP) is 4.50. The molecule has 0 aromatic heterocycles. The second-order valence-electron chi connectivity index (χ2n) is 4.95. The topological polar surface area (TPSA) is 64.7 Å².